The number of carbonyl (C=O) groups is 1. The zero-order valence-electron chi connectivity index (χ0n) is 11.0. The number of hydrogen-bond acceptors (Lipinski definition) is 3. The van der Waals surface area contributed by atoms with Crippen molar-refractivity contribution in [3.63, 3.8) is 0 Å². The molecule has 1 unspecified atom stereocenters. The highest BCUT2D eigenvalue weighted by Gasteiger charge is 2.46. The van der Waals surface area contributed by atoms with Crippen LogP contribution in [0.25, 0.3) is 0 Å². The molecule has 0 spiro atoms. The topological polar surface area (TPSA) is 58.9 Å². The molecule has 1 heterocycles. The van der Waals surface area contributed by atoms with Gasteiger partial charge in [0.25, 0.3) is 0 Å². The van der Waals surface area contributed by atoms with Crippen molar-refractivity contribution in [2.75, 3.05) is 0 Å². The zero-order valence-corrected chi connectivity index (χ0v) is 11.0. The first kappa shape index (κ1) is 13.3. The van der Waals surface area contributed by atoms with E-state index in [4.69, 9.17) is 9.94 Å². The number of hydrogen-bond donors (Lipinski definition) is 1. The summed E-state index contributed by atoms with van der Waals surface area (Å²) in [6.07, 6.45) is -0.0206. The lowest BCUT2D eigenvalue weighted by Crippen LogP contribution is -2.30. The summed E-state index contributed by atoms with van der Waals surface area (Å²) in [5.74, 6) is -1.62. The number of oxime groups is 1. The number of carboxylic acids is 1. The van der Waals surface area contributed by atoms with Gasteiger partial charge in [-0.3, -0.25) is 0 Å². The fraction of sp³-hybridized carbons (Fsp3) is 0.125. The van der Waals surface area contributed by atoms with Crippen LogP contribution < -0.4 is 0 Å². The number of rotatable bonds is 3. The van der Waals surface area contributed by atoms with E-state index in [-0.39, 0.29) is 17.7 Å². The summed E-state index contributed by atoms with van der Waals surface area (Å²) in [5, 5.41) is 12.7. The van der Waals surface area contributed by atoms with Gasteiger partial charge in [0.2, 0.25) is 0 Å². The van der Waals surface area contributed by atoms with E-state index in [1.807, 2.05) is 6.07 Å². The highest BCUT2D eigenvalue weighted by atomic mass is 19.1. The largest absolute Gasteiger partial charge is 0.477 e. The van der Waals surface area contributed by atoms with Crippen LogP contribution in [-0.4, -0.2) is 16.8 Å². The van der Waals surface area contributed by atoms with Gasteiger partial charge in [0.15, 0.2) is 11.3 Å². The molecule has 0 amide bonds. The summed E-state index contributed by atoms with van der Waals surface area (Å²) in [6, 6.07) is 15.1. The fourth-order valence-electron chi connectivity index (χ4n) is 2.50. The summed E-state index contributed by atoms with van der Waals surface area (Å²) in [7, 11) is 0. The van der Waals surface area contributed by atoms with Crippen molar-refractivity contribution in [1.29, 1.82) is 0 Å². The van der Waals surface area contributed by atoms with Crippen molar-refractivity contribution >= 4 is 11.7 Å². The normalized spacial score (nSPS) is 20.7. The minimum Gasteiger partial charge on any atom is -0.477 e. The zero-order chi connectivity index (χ0) is 14.9. The van der Waals surface area contributed by atoms with E-state index in [1.54, 1.807) is 42.5 Å². The second-order valence-corrected chi connectivity index (χ2v) is 4.78. The molecule has 106 valence electrons. The summed E-state index contributed by atoms with van der Waals surface area (Å²) in [4.78, 5) is 16.6. The lowest BCUT2D eigenvalue weighted by atomic mass is 9.82. The van der Waals surface area contributed by atoms with Crippen LogP contribution in [0.4, 0.5) is 4.39 Å². The second kappa shape index (κ2) is 5.01. The van der Waals surface area contributed by atoms with Crippen molar-refractivity contribution in [2.24, 2.45) is 5.16 Å². The Morgan fingerprint density at radius 3 is 2.43 bits per heavy atom. The maximum atomic E-state index is 14.2. The van der Waals surface area contributed by atoms with Gasteiger partial charge in [0.05, 0.1) is 6.42 Å². The van der Waals surface area contributed by atoms with Crippen molar-refractivity contribution in [3.8, 4) is 0 Å². The summed E-state index contributed by atoms with van der Waals surface area (Å²) in [5.41, 5.74) is -0.422. The minimum atomic E-state index is -1.24. The molecule has 21 heavy (non-hydrogen) atoms. The molecule has 5 heteroatoms. The monoisotopic (exact) mass is 285 g/mol. The van der Waals surface area contributed by atoms with Crippen LogP contribution in [0.5, 0.6) is 0 Å². The first-order valence-electron chi connectivity index (χ1n) is 6.42. The van der Waals surface area contributed by atoms with E-state index in [9.17, 15) is 9.18 Å². The van der Waals surface area contributed by atoms with Crippen LogP contribution in [0.3, 0.4) is 0 Å². The van der Waals surface area contributed by atoms with Gasteiger partial charge in [0.1, 0.15) is 5.82 Å². The molecule has 0 saturated heterocycles. The minimum absolute atomic E-state index is 0.0206. The molecule has 0 saturated carbocycles. The van der Waals surface area contributed by atoms with Gasteiger partial charge in [-0.2, -0.15) is 0 Å². The lowest BCUT2D eigenvalue weighted by molar-refractivity contribution is -0.129. The smallest absolute Gasteiger partial charge is 0.353 e. The van der Waals surface area contributed by atoms with Crippen LogP contribution in [-0.2, 0) is 15.2 Å². The van der Waals surface area contributed by atoms with Gasteiger partial charge in [-0.25, -0.2) is 9.18 Å². The van der Waals surface area contributed by atoms with Crippen molar-refractivity contribution in [3.05, 3.63) is 71.5 Å². The maximum Gasteiger partial charge on any atom is 0.353 e. The number of halogens is 1. The third-order valence-corrected chi connectivity index (χ3v) is 3.52. The molecule has 0 bridgehead atoms. The molecule has 3 rings (SSSR count). The first-order chi connectivity index (χ1) is 10.1. The molecular formula is C16H12FNO3. The quantitative estimate of drug-likeness (QED) is 0.943. The van der Waals surface area contributed by atoms with Crippen LogP contribution >= 0.6 is 0 Å². The van der Waals surface area contributed by atoms with E-state index in [2.05, 4.69) is 5.16 Å². The molecule has 4 nitrogen and oxygen atoms in total. The van der Waals surface area contributed by atoms with Gasteiger partial charge in [-0.05, 0) is 6.07 Å². The van der Waals surface area contributed by atoms with Crippen LogP contribution in [0.15, 0.2) is 59.8 Å². The van der Waals surface area contributed by atoms with Gasteiger partial charge in [-0.15, -0.1) is 0 Å². The predicted octanol–water partition coefficient (Wildman–Crippen LogP) is 2.93. The van der Waals surface area contributed by atoms with E-state index < -0.39 is 17.4 Å². The van der Waals surface area contributed by atoms with Crippen molar-refractivity contribution in [1.82, 2.24) is 0 Å². The molecule has 1 aliphatic rings. The van der Waals surface area contributed by atoms with Crippen LogP contribution in [0.2, 0.25) is 0 Å². The van der Waals surface area contributed by atoms with Gasteiger partial charge in [0, 0.05) is 11.1 Å². The van der Waals surface area contributed by atoms with E-state index in [1.165, 1.54) is 6.07 Å². The van der Waals surface area contributed by atoms with Gasteiger partial charge in [-0.1, -0.05) is 53.7 Å². The molecule has 1 atom stereocenters. The van der Waals surface area contributed by atoms with Crippen LogP contribution in [0, 0.1) is 5.82 Å². The number of nitrogens with zero attached hydrogens (tertiary/aromatic N) is 1. The first-order valence-corrected chi connectivity index (χ1v) is 6.42. The molecule has 2 aromatic carbocycles. The average molecular weight is 285 g/mol. The molecule has 0 radical (unpaired) electrons. The van der Waals surface area contributed by atoms with Gasteiger partial charge >= 0.3 is 5.97 Å². The molecule has 1 aliphatic heterocycles. The Labute approximate surface area is 120 Å². The Kier molecular flexibility index (Phi) is 3.17. The molecule has 0 fully saturated rings. The summed E-state index contributed by atoms with van der Waals surface area (Å²) in [6.45, 7) is 0. The SMILES string of the molecule is O=C(O)C1=NOC(c2ccccc2)(c2ccccc2F)C1. The highest BCUT2D eigenvalue weighted by molar-refractivity contribution is 6.36. The standard InChI is InChI=1S/C16H12FNO3/c17-13-9-5-4-8-12(13)16(11-6-2-1-3-7-11)10-14(15(19)20)18-21-16/h1-9H,10H2,(H,19,20). The summed E-state index contributed by atoms with van der Waals surface area (Å²) >= 11 is 0. The number of aliphatic carboxylic acids is 1. The Morgan fingerprint density at radius 2 is 1.81 bits per heavy atom. The number of carboxylic acid groups (broad SMARTS) is 1. The number of benzene rings is 2. The second-order valence-electron chi connectivity index (χ2n) is 4.78. The third-order valence-electron chi connectivity index (χ3n) is 3.52. The van der Waals surface area contributed by atoms with Crippen molar-refractivity contribution in [2.45, 2.75) is 12.0 Å². The Bertz CT molecular complexity index is 714. The Balaban J connectivity index is 2.15. The maximum absolute atomic E-state index is 14.2. The third kappa shape index (κ3) is 2.16. The van der Waals surface area contributed by atoms with E-state index >= 15 is 0 Å². The molecule has 0 aliphatic carbocycles. The van der Waals surface area contributed by atoms with E-state index in [0.717, 1.165) is 0 Å². The van der Waals surface area contributed by atoms with E-state index in [0.29, 0.717) is 5.56 Å². The highest BCUT2D eigenvalue weighted by Crippen LogP contribution is 2.42. The molecular weight excluding hydrogens is 273 g/mol. The fourth-order valence-corrected chi connectivity index (χ4v) is 2.50. The molecule has 2 aromatic rings. The summed E-state index contributed by atoms with van der Waals surface area (Å²) < 4.78 is 14.2. The Hall–Kier alpha value is -2.69. The van der Waals surface area contributed by atoms with Crippen molar-refractivity contribution < 1.29 is 19.1 Å². The lowest BCUT2D eigenvalue weighted by Gasteiger charge is -2.27. The van der Waals surface area contributed by atoms with Gasteiger partial charge < -0.3 is 9.94 Å². The average Bonchev–Trinajstić information content (AvgIpc) is 2.95. The predicted molar refractivity (Wildman–Crippen MR) is 74.4 cm³/mol. The Morgan fingerprint density at radius 1 is 1.14 bits per heavy atom. The van der Waals surface area contributed by atoms with Crippen LogP contribution in [0.1, 0.15) is 17.5 Å². The molecule has 1 N–H and O–H groups in total. The molecule has 0 aromatic heterocycles.